The molecule has 0 unspecified atom stereocenters. The fraction of sp³-hybridized carbons (Fsp3) is 0.0769. The van der Waals surface area contributed by atoms with Crippen LogP contribution in [-0.2, 0) is 7.05 Å². The second-order valence-corrected chi connectivity index (χ2v) is 4.22. The highest BCUT2D eigenvalue weighted by Crippen LogP contribution is 2.27. The number of hydrogen-bond acceptors (Lipinski definition) is 3. The zero-order chi connectivity index (χ0) is 12.5. The number of nitrogens with zero attached hydrogens (tertiary/aromatic N) is 3. The number of aromatic nitrogens is 3. The molecule has 3 rings (SSSR count). The molecule has 0 saturated carbocycles. The van der Waals surface area contributed by atoms with Crippen molar-refractivity contribution >= 4 is 22.6 Å². The van der Waals surface area contributed by atoms with Crippen LogP contribution in [0.5, 0.6) is 11.6 Å². The number of aryl methyl sites for hydroxylation is 1. The number of benzene rings is 1. The molecule has 18 heavy (non-hydrogen) atoms. The van der Waals surface area contributed by atoms with Gasteiger partial charge in [0, 0.05) is 25.4 Å². The molecule has 2 heterocycles. The van der Waals surface area contributed by atoms with Gasteiger partial charge in [-0.05, 0) is 18.2 Å². The van der Waals surface area contributed by atoms with Crippen LogP contribution in [0.25, 0.3) is 11.0 Å². The minimum Gasteiger partial charge on any atom is -0.437 e. The molecule has 0 fully saturated rings. The number of halogens is 1. The fourth-order valence-electron chi connectivity index (χ4n) is 1.75. The zero-order valence-corrected chi connectivity index (χ0v) is 10.3. The summed E-state index contributed by atoms with van der Waals surface area (Å²) in [6.07, 6.45) is 3.40. The van der Waals surface area contributed by atoms with E-state index in [1.54, 1.807) is 18.2 Å². The summed E-state index contributed by atoms with van der Waals surface area (Å²) in [4.78, 5) is 8.34. The molecule has 1 radical (unpaired) electrons. The normalized spacial score (nSPS) is 10.8. The molecule has 2 aromatic heterocycles. The molecule has 0 aliphatic carbocycles. The summed E-state index contributed by atoms with van der Waals surface area (Å²) in [5.74, 6) is 1.13. The zero-order valence-electron chi connectivity index (χ0n) is 9.59. The van der Waals surface area contributed by atoms with Crippen molar-refractivity contribution in [3.05, 3.63) is 47.9 Å². The van der Waals surface area contributed by atoms with Gasteiger partial charge in [-0.1, -0.05) is 11.6 Å². The van der Waals surface area contributed by atoms with Gasteiger partial charge in [0.15, 0.2) is 0 Å². The van der Waals surface area contributed by atoms with Crippen LogP contribution in [0.15, 0.2) is 36.8 Å². The van der Waals surface area contributed by atoms with E-state index in [9.17, 15) is 0 Å². The van der Waals surface area contributed by atoms with Gasteiger partial charge in [-0.15, -0.1) is 0 Å². The van der Waals surface area contributed by atoms with Crippen molar-refractivity contribution in [2.24, 2.45) is 7.05 Å². The van der Waals surface area contributed by atoms with Gasteiger partial charge < -0.3 is 9.30 Å². The Kier molecular flexibility index (Phi) is 2.64. The van der Waals surface area contributed by atoms with Gasteiger partial charge in [0.1, 0.15) is 17.6 Å². The molecule has 0 aliphatic heterocycles. The minimum atomic E-state index is 0.504. The Morgan fingerprint density at radius 3 is 3.06 bits per heavy atom. The van der Waals surface area contributed by atoms with E-state index in [2.05, 4.69) is 16.0 Å². The predicted octanol–water partition coefficient (Wildman–Crippen LogP) is 3.21. The van der Waals surface area contributed by atoms with E-state index in [0.29, 0.717) is 16.7 Å². The summed E-state index contributed by atoms with van der Waals surface area (Å²) in [6, 6.07) is 9.94. The average Bonchev–Trinajstić information content (AvgIpc) is 2.72. The highest BCUT2D eigenvalue weighted by molar-refractivity contribution is 6.30. The summed E-state index contributed by atoms with van der Waals surface area (Å²) in [6.45, 7) is 0. The minimum absolute atomic E-state index is 0.504. The van der Waals surface area contributed by atoms with E-state index in [0.717, 1.165) is 11.0 Å². The van der Waals surface area contributed by atoms with Crippen LogP contribution in [0, 0.1) is 6.07 Å². The topological polar surface area (TPSA) is 39.9 Å². The predicted molar refractivity (Wildman–Crippen MR) is 68.9 cm³/mol. The fourth-order valence-corrected chi connectivity index (χ4v) is 1.92. The molecule has 0 aliphatic rings. The molecule has 5 heteroatoms. The molecule has 1 aromatic carbocycles. The Balaban J connectivity index is 2.07. The smallest absolute Gasteiger partial charge is 0.247 e. The quantitative estimate of drug-likeness (QED) is 0.709. The third kappa shape index (κ3) is 1.91. The second kappa shape index (κ2) is 4.31. The Hall–Kier alpha value is -2.07. The van der Waals surface area contributed by atoms with Crippen LogP contribution in [0.2, 0.25) is 5.02 Å². The maximum Gasteiger partial charge on any atom is 0.247 e. The first-order valence-corrected chi connectivity index (χ1v) is 5.73. The van der Waals surface area contributed by atoms with Crippen molar-refractivity contribution in [3.8, 4) is 11.6 Å². The maximum absolute atomic E-state index is 5.87. The number of hydrogen-bond donors (Lipinski definition) is 0. The lowest BCUT2D eigenvalue weighted by molar-refractivity contribution is 0.465. The summed E-state index contributed by atoms with van der Waals surface area (Å²) < 4.78 is 7.65. The lowest BCUT2D eigenvalue weighted by atomic mass is 10.3. The van der Waals surface area contributed by atoms with E-state index in [-0.39, 0.29) is 0 Å². The lowest BCUT2D eigenvalue weighted by Crippen LogP contribution is -1.94. The second-order valence-electron chi connectivity index (χ2n) is 3.81. The average molecular weight is 259 g/mol. The van der Waals surface area contributed by atoms with Crippen LogP contribution in [0.4, 0.5) is 0 Å². The van der Waals surface area contributed by atoms with Crippen molar-refractivity contribution in [1.82, 2.24) is 14.5 Å². The van der Waals surface area contributed by atoms with Gasteiger partial charge in [-0.2, -0.15) is 4.98 Å². The van der Waals surface area contributed by atoms with Crippen LogP contribution in [-0.4, -0.2) is 14.5 Å². The van der Waals surface area contributed by atoms with E-state index in [1.807, 2.05) is 23.9 Å². The molecule has 0 bridgehead atoms. The van der Waals surface area contributed by atoms with Gasteiger partial charge >= 0.3 is 0 Å². The van der Waals surface area contributed by atoms with Gasteiger partial charge in [0.25, 0.3) is 0 Å². The van der Waals surface area contributed by atoms with Gasteiger partial charge in [-0.3, -0.25) is 0 Å². The van der Waals surface area contributed by atoms with Crippen molar-refractivity contribution in [2.45, 2.75) is 0 Å². The lowest BCUT2D eigenvalue weighted by Gasteiger charge is -2.06. The van der Waals surface area contributed by atoms with Crippen molar-refractivity contribution in [3.63, 3.8) is 0 Å². The van der Waals surface area contributed by atoms with E-state index < -0.39 is 0 Å². The van der Waals surface area contributed by atoms with Gasteiger partial charge in [0.05, 0.1) is 10.5 Å². The molecule has 3 aromatic rings. The molecule has 4 nitrogen and oxygen atoms in total. The third-order valence-electron chi connectivity index (χ3n) is 2.58. The Bertz CT molecular complexity index is 708. The number of fused-ring (bicyclic) bond motifs is 1. The van der Waals surface area contributed by atoms with Crippen LogP contribution in [0.3, 0.4) is 0 Å². The van der Waals surface area contributed by atoms with Crippen molar-refractivity contribution in [1.29, 1.82) is 0 Å². The number of ether oxygens (including phenoxy) is 1. The van der Waals surface area contributed by atoms with E-state index in [4.69, 9.17) is 16.3 Å². The van der Waals surface area contributed by atoms with E-state index >= 15 is 0 Å². The monoisotopic (exact) mass is 258 g/mol. The summed E-state index contributed by atoms with van der Waals surface area (Å²) in [7, 11) is 1.92. The molecule has 0 saturated heterocycles. The van der Waals surface area contributed by atoms with Crippen LogP contribution >= 0.6 is 11.6 Å². The SMILES string of the molecule is Cn1ccc2ncnc(Oc3cc[c]c(Cl)c3)c21. The summed E-state index contributed by atoms with van der Waals surface area (Å²) >= 11 is 5.87. The summed E-state index contributed by atoms with van der Waals surface area (Å²) in [5.41, 5.74) is 1.69. The first-order valence-electron chi connectivity index (χ1n) is 5.35. The Morgan fingerprint density at radius 1 is 1.33 bits per heavy atom. The Morgan fingerprint density at radius 2 is 2.22 bits per heavy atom. The molecular weight excluding hydrogens is 250 g/mol. The van der Waals surface area contributed by atoms with Gasteiger partial charge in [0.2, 0.25) is 5.88 Å². The molecule has 0 N–H and O–H groups in total. The molecule has 0 atom stereocenters. The maximum atomic E-state index is 5.87. The standard InChI is InChI=1S/C13H9ClN3O/c1-17-6-5-11-12(17)13(16-8-15-11)18-10-4-2-3-9(14)7-10/h2,4-8H,1H3. The molecular formula is C13H9ClN3O. The first-order chi connectivity index (χ1) is 8.74. The first kappa shape index (κ1) is 11.0. The largest absolute Gasteiger partial charge is 0.437 e. The Labute approximate surface area is 109 Å². The van der Waals surface area contributed by atoms with Crippen LogP contribution in [0.1, 0.15) is 0 Å². The van der Waals surface area contributed by atoms with Crippen LogP contribution < -0.4 is 4.74 Å². The molecule has 89 valence electrons. The van der Waals surface area contributed by atoms with Crippen molar-refractivity contribution in [2.75, 3.05) is 0 Å². The molecule has 0 amide bonds. The van der Waals surface area contributed by atoms with Crippen molar-refractivity contribution < 1.29 is 4.74 Å². The van der Waals surface area contributed by atoms with Gasteiger partial charge in [-0.25, -0.2) is 4.98 Å². The third-order valence-corrected chi connectivity index (χ3v) is 2.80. The summed E-state index contributed by atoms with van der Waals surface area (Å²) in [5, 5.41) is 0.504. The molecule has 0 spiro atoms. The highest BCUT2D eigenvalue weighted by Gasteiger charge is 2.09. The van der Waals surface area contributed by atoms with E-state index in [1.165, 1.54) is 6.33 Å². The highest BCUT2D eigenvalue weighted by atomic mass is 35.5. The number of rotatable bonds is 2.